The zero-order chi connectivity index (χ0) is 19.1. The van der Waals surface area contributed by atoms with Crippen LogP contribution < -0.4 is 10.6 Å². The first-order valence-corrected chi connectivity index (χ1v) is 9.62. The van der Waals surface area contributed by atoms with Crippen molar-refractivity contribution in [2.75, 3.05) is 13.1 Å². The normalized spacial score (nSPS) is 19.9. The quantitative estimate of drug-likeness (QED) is 0.464. The van der Waals surface area contributed by atoms with Gasteiger partial charge in [-0.15, -0.1) is 0 Å². The van der Waals surface area contributed by atoms with E-state index in [4.69, 9.17) is 23.8 Å². The number of benzene rings is 1. The number of hydrogen-bond donors (Lipinski definition) is 2. The van der Waals surface area contributed by atoms with E-state index >= 15 is 0 Å². The van der Waals surface area contributed by atoms with Crippen LogP contribution in [0.15, 0.2) is 41.1 Å². The molecular weight excluding hydrogens is 366 g/mol. The SMILES string of the molecule is C1CC[NH2+]CC1.CC(=O)C1=C(C)NC(=S)C(=C=[N-])C1c1ccccc1Cl. The van der Waals surface area contributed by atoms with Crippen LogP contribution in [0.2, 0.25) is 5.02 Å². The molecule has 2 aliphatic rings. The lowest BCUT2D eigenvalue weighted by Crippen LogP contribution is -2.85. The summed E-state index contributed by atoms with van der Waals surface area (Å²) < 4.78 is 0. The maximum atomic E-state index is 12.0. The molecule has 26 heavy (non-hydrogen) atoms. The van der Waals surface area contributed by atoms with Crippen molar-refractivity contribution in [3.63, 3.8) is 0 Å². The Kier molecular flexibility index (Phi) is 7.73. The summed E-state index contributed by atoms with van der Waals surface area (Å²) >= 11 is 11.4. The standard InChI is InChI=1S/C15H12ClN2OS.C5H11N/c1-8-13(9(2)19)14(11(7-17)15(20)18-8)10-5-3-4-6-12(10)16;1-2-4-6-5-3-1/h3-6,14H,1-2H3,(H,18,20);6H,1-5H2/q-1;/p+1. The van der Waals surface area contributed by atoms with Crippen LogP contribution in [0.25, 0.3) is 5.41 Å². The van der Waals surface area contributed by atoms with Crippen molar-refractivity contribution < 1.29 is 10.1 Å². The highest BCUT2D eigenvalue weighted by molar-refractivity contribution is 7.80. The van der Waals surface area contributed by atoms with Gasteiger partial charge in [-0.25, -0.2) is 0 Å². The smallest absolute Gasteiger partial charge is 0.158 e. The van der Waals surface area contributed by atoms with E-state index in [-0.39, 0.29) is 5.78 Å². The van der Waals surface area contributed by atoms with Crippen molar-refractivity contribution in [3.05, 3.63) is 57.1 Å². The predicted octanol–water partition coefficient (Wildman–Crippen LogP) is 3.12. The highest BCUT2D eigenvalue weighted by Gasteiger charge is 2.32. The summed E-state index contributed by atoms with van der Waals surface area (Å²) in [5, 5.41) is 15.2. The Morgan fingerprint density at radius 2 is 1.96 bits per heavy atom. The maximum absolute atomic E-state index is 12.0. The molecule has 1 fully saturated rings. The van der Waals surface area contributed by atoms with Gasteiger partial charge in [0.15, 0.2) is 5.78 Å². The first-order chi connectivity index (χ1) is 12.5. The van der Waals surface area contributed by atoms with Crippen molar-refractivity contribution in [1.82, 2.24) is 5.32 Å². The number of rotatable bonds is 2. The Labute approximate surface area is 165 Å². The summed E-state index contributed by atoms with van der Waals surface area (Å²) in [5.41, 5.74) is 2.28. The zero-order valence-corrected chi connectivity index (χ0v) is 16.7. The molecule has 1 atom stereocenters. The minimum absolute atomic E-state index is 0.102. The number of nitrogens with zero attached hydrogens (tertiary/aromatic N) is 1. The largest absolute Gasteiger partial charge is 0.763 e. The molecule has 0 aromatic heterocycles. The fraction of sp³-hybridized carbons (Fsp3) is 0.400. The van der Waals surface area contributed by atoms with Crippen LogP contribution in [0, 0.1) is 0 Å². The third kappa shape index (κ3) is 4.89. The van der Waals surface area contributed by atoms with Gasteiger partial charge in [0.05, 0.1) is 13.1 Å². The number of allylic oxidation sites excluding steroid dienone is 2. The first-order valence-electron chi connectivity index (χ1n) is 8.83. The van der Waals surface area contributed by atoms with E-state index in [0.29, 0.717) is 26.9 Å². The average Bonchev–Trinajstić information content (AvgIpc) is 2.63. The van der Waals surface area contributed by atoms with Crippen molar-refractivity contribution in [2.45, 2.75) is 39.0 Å². The molecule has 0 bridgehead atoms. The van der Waals surface area contributed by atoms with Gasteiger partial charge in [-0.3, -0.25) is 10.7 Å². The Morgan fingerprint density at radius 1 is 1.31 bits per heavy atom. The summed E-state index contributed by atoms with van der Waals surface area (Å²) in [5.74, 6) is 1.50. The average molecular weight is 390 g/mol. The third-order valence-electron chi connectivity index (χ3n) is 4.56. The molecule has 6 heteroatoms. The molecule has 0 amide bonds. The van der Waals surface area contributed by atoms with Crippen LogP contribution in [-0.2, 0) is 4.79 Å². The summed E-state index contributed by atoms with van der Waals surface area (Å²) in [7, 11) is 0. The molecule has 1 aromatic carbocycles. The van der Waals surface area contributed by atoms with E-state index in [0.717, 1.165) is 5.56 Å². The molecule has 0 aliphatic carbocycles. The van der Waals surface area contributed by atoms with Crippen LogP contribution in [0.4, 0.5) is 0 Å². The molecule has 138 valence electrons. The Morgan fingerprint density at radius 3 is 2.42 bits per heavy atom. The maximum Gasteiger partial charge on any atom is 0.158 e. The minimum Gasteiger partial charge on any atom is -0.763 e. The number of quaternary nitrogens is 1. The molecule has 3 rings (SSSR count). The van der Waals surface area contributed by atoms with E-state index < -0.39 is 5.92 Å². The summed E-state index contributed by atoms with van der Waals surface area (Å²) in [6.45, 7) is 6.01. The lowest BCUT2D eigenvalue weighted by atomic mass is 9.80. The molecule has 2 aliphatic heterocycles. The molecule has 0 spiro atoms. The number of ketones is 1. The Bertz CT molecular complexity index is 766. The summed E-state index contributed by atoms with van der Waals surface area (Å²) in [6, 6.07) is 7.19. The number of piperidine rings is 1. The van der Waals surface area contributed by atoms with Gasteiger partial charge in [0.1, 0.15) is 4.99 Å². The third-order valence-corrected chi connectivity index (χ3v) is 5.23. The molecule has 2 heterocycles. The van der Waals surface area contributed by atoms with Gasteiger partial charge in [0.25, 0.3) is 0 Å². The minimum atomic E-state index is -0.500. The second-order valence-corrected chi connectivity index (χ2v) is 7.27. The van der Waals surface area contributed by atoms with E-state index in [2.05, 4.69) is 16.5 Å². The molecule has 4 nitrogen and oxygen atoms in total. The van der Waals surface area contributed by atoms with Crippen molar-refractivity contribution in [3.8, 4) is 0 Å². The van der Waals surface area contributed by atoms with E-state index in [1.165, 1.54) is 39.3 Å². The fourth-order valence-corrected chi connectivity index (χ4v) is 3.86. The number of nitrogens with two attached hydrogens (primary N) is 1. The van der Waals surface area contributed by atoms with Gasteiger partial charge >= 0.3 is 0 Å². The van der Waals surface area contributed by atoms with Crippen LogP contribution in [0.1, 0.15) is 44.6 Å². The van der Waals surface area contributed by atoms with E-state index in [9.17, 15) is 10.2 Å². The number of halogens is 1. The van der Waals surface area contributed by atoms with Crippen molar-refractivity contribution in [2.24, 2.45) is 0 Å². The molecule has 0 saturated carbocycles. The monoisotopic (exact) mass is 389 g/mol. The first kappa shape index (κ1) is 20.5. The second-order valence-electron chi connectivity index (χ2n) is 6.46. The van der Waals surface area contributed by atoms with Gasteiger partial charge in [0, 0.05) is 27.8 Å². The van der Waals surface area contributed by atoms with Crippen molar-refractivity contribution >= 4 is 40.5 Å². The van der Waals surface area contributed by atoms with Crippen LogP contribution >= 0.6 is 23.8 Å². The second kappa shape index (κ2) is 9.79. The lowest BCUT2D eigenvalue weighted by Gasteiger charge is -2.30. The number of carbonyl (C=O) groups excluding carboxylic acids is 1. The fourth-order valence-electron chi connectivity index (χ4n) is 3.30. The zero-order valence-electron chi connectivity index (χ0n) is 15.1. The summed E-state index contributed by atoms with van der Waals surface area (Å²) in [6.07, 6.45) is 4.36. The lowest BCUT2D eigenvalue weighted by molar-refractivity contribution is -0.662. The highest BCUT2D eigenvalue weighted by atomic mass is 35.5. The number of nitrogens with one attached hydrogen (secondary N) is 1. The van der Waals surface area contributed by atoms with Gasteiger partial charge in [0.2, 0.25) is 0 Å². The van der Waals surface area contributed by atoms with Crippen LogP contribution in [0.5, 0.6) is 0 Å². The van der Waals surface area contributed by atoms with E-state index in [1.807, 2.05) is 12.1 Å². The van der Waals surface area contributed by atoms with Crippen LogP contribution in [-0.4, -0.2) is 29.7 Å². The van der Waals surface area contributed by atoms with Gasteiger partial charge in [-0.05, 0) is 44.7 Å². The number of Topliss-reactive ketones (excluding diaryl/α,β-unsaturated/α-hetero) is 1. The Balaban J connectivity index is 0.000000342. The molecule has 1 aromatic rings. The van der Waals surface area contributed by atoms with E-state index in [1.54, 1.807) is 19.1 Å². The number of hydrogen-bond acceptors (Lipinski definition) is 2. The van der Waals surface area contributed by atoms with Gasteiger partial charge in [-0.1, -0.05) is 42.0 Å². The van der Waals surface area contributed by atoms with Gasteiger partial charge < -0.3 is 16.0 Å². The molecule has 1 saturated heterocycles. The van der Waals surface area contributed by atoms with Crippen LogP contribution in [0.3, 0.4) is 0 Å². The molecular formula is C20H24ClN3OS. The number of carbonyl (C=O) groups is 1. The Hall–Kier alpha value is -1.78. The highest BCUT2D eigenvalue weighted by Crippen LogP contribution is 2.39. The molecule has 0 radical (unpaired) electrons. The van der Waals surface area contributed by atoms with Crippen molar-refractivity contribution in [1.29, 1.82) is 0 Å². The predicted molar refractivity (Wildman–Crippen MR) is 111 cm³/mol. The van der Waals surface area contributed by atoms with Gasteiger partial charge in [-0.2, -0.15) is 0 Å². The molecule has 1 unspecified atom stereocenters. The summed E-state index contributed by atoms with van der Waals surface area (Å²) in [4.78, 5) is 12.3. The molecule has 3 N–H and O–H groups in total. The topological polar surface area (TPSA) is 68.0 Å². The number of thiocarbonyl (C=S) groups is 1.